The van der Waals surface area contributed by atoms with E-state index in [0.717, 1.165) is 5.56 Å². The predicted molar refractivity (Wildman–Crippen MR) is 75.7 cm³/mol. The second-order valence-electron chi connectivity index (χ2n) is 4.30. The van der Waals surface area contributed by atoms with Gasteiger partial charge in [-0.25, -0.2) is 4.98 Å². The van der Waals surface area contributed by atoms with Crippen LogP contribution in [0.2, 0.25) is 0 Å². The number of pyridine rings is 1. The first-order valence-electron chi connectivity index (χ1n) is 6.05. The molecule has 3 rings (SSSR count). The van der Waals surface area contributed by atoms with Gasteiger partial charge in [0.15, 0.2) is 7.85 Å². The minimum absolute atomic E-state index is 0.194. The zero-order valence-corrected chi connectivity index (χ0v) is 10.5. The molecule has 20 heavy (non-hydrogen) atoms. The third-order valence-corrected chi connectivity index (χ3v) is 3.02. The van der Waals surface area contributed by atoms with Crippen LogP contribution in [0, 0.1) is 0 Å². The molecule has 2 aromatic heterocycles. The van der Waals surface area contributed by atoms with Crippen LogP contribution in [-0.4, -0.2) is 28.7 Å². The average molecular weight is 260 g/mol. The Morgan fingerprint density at radius 1 is 1.00 bits per heavy atom. The number of carbonyl (C=O) groups is 2. The number of hydrogen-bond acceptors (Lipinski definition) is 3. The van der Waals surface area contributed by atoms with E-state index >= 15 is 0 Å². The number of hydrogen-bond donors (Lipinski definition) is 0. The van der Waals surface area contributed by atoms with Crippen molar-refractivity contribution in [3.8, 4) is 11.3 Å². The molecule has 4 nitrogen and oxygen atoms in total. The normalized spacial score (nSPS) is 10.6. The summed E-state index contributed by atoms with van der Waals surface area (Å²) in [5.41, 5.74) is 1.02. The molecule has 3 aromatic rings. The largest absolute Gasteiger partial charge is 0.304 e. The minimum atomic E-state index is -0.993. The van der Waals surface area contributed by atoms with E-state index < -0.39 is 11.5 Å². The van der Waals surface area contributed by atoms with Gasteiger partial charge in [0.1, 0.15) is 22.7 Å². The van der Waals surface area contributed by atoms with Crippen molar-refractivity contribution in [2.45, 2.75) is 0 Å². The summed E-state index contributed by atoms with van der Waals surface area (Å²) in [6, 6.07) is 14.6. The predicted octanol–water partition coefficient (Wildman–Crippen LogP) is 1.88. The fourth-order valence-corrected chi connectivity index (χ4v) is 2.13. The second-order valence-corrected chi connectivity index (χ2v) is 4.30. The fourth-order valence-electron chi connectivity index (χ4n) is 2.13. The van der Waals surface area contributed by atoms with Crippen molar-refractivity contribution in [3.63, 3.8) is 0 Å². The number of benzene rings is 1. The number of carbonyl (C=O) groups excluding carboxylic acids is 2. The van der Waals surface area contributed by atoms with Gasteiger partial charge in [-0.2, -0.15) is 0 Å². The van der Waals surface area contributed by atoms with Crippen molar-refractivity contribution in [1.29, 1.82) is 0 Å². The maximum atomic E-state index is 12.1. The quantitative estimate of drug-likeness (QED) is 0.410. The SMILES string of the molecule is [B]C(=O)C(=O)c1c(-c2ccccc2)nc2ccccn12. The number of nitrogens with zero attached hydrogens (tertiary/aromatic N) is 2. The standard InChI is InChI=1S/C15H9BN2O2/c16-15(20)14(19)13-12(10-6-2-1-3-7-10)17-11-8-4-5-9-18(11)13/h1-9H. The highest BCUT2D eigenvalue weighted by atomic mass is 16.2. The Kier molecular flexibility index (Phi) is 2.95. The molecule has 0 aliphatic heterocycles. The number of imidazole rings is 1. The number of aromatic nitrogens is 2. The molecule has 0 spiro atoms. The van der Waals surface area contributed by atoms with Gasteiger partial charge in [0.2, 0.25) is 5.78 Å². The minimum Gasteiger partial charge on any atom is -0.304 e. The first-order chi connectivity index (χ1) is 9.68. The summed E-state index contributed by atoms with van der Waals surface area (Å²) >= 11 is 0. The molecule has 2 radical (unpaired) electrons. The van der Waals surface area contributed by atoms with Gasteiger partial charge in [-0.05, 0) is 12.1 Å². The Morgan fingerprint density at radius 3 is 2.40 bits per heavy atom. The van der Waals surface area contributed by atoms with Gasteiger partial charge >= 0.3 is 0 Å². The molecule has 0 saturated heterocycles. The first kappa shape index (κ1) is 12.4. The summed E-state index contributed by atoms with van der Waals surface area (Å²) in [4.78, 5) is 27.8. The molecule has 5 heteroatoms. The Hall–Kier alpha value is -2.69. The summed E-state index contributed by atoms with van der Waals surface area (Å²) in [6.07, 6.45) is 1.69. The third-order valence-electron chi connectivity index (χ3n) is 3.02. The van der Waals surface area contributed by atoms with Crippen LogP contribution in [0.15, 0.2) is 54.7 Å². The van der Waals surface area contributed by atoms with Crippen LogP contribution < -0.4 is 0 Å². The third kappa shape index (κ3) is 1.93. The van der Waals surface area contributed by atoms with E-state index in [0.29, 0.717) is 11.3 Å². The van der Waals surface area contributed by atoms with E-state index in [4.69, 9.17) is 7.85 Å². The lowest BCUT2D eigenvalue weighted by atomic mass is 9.94. The average Bonchev–Trinajstić information content (AvgIpc) is 2.86. The Balaban J connectivity index is 2.34. The molecule has 0 amide bonds. The highest BCUT2D eigenvalue weighted by Crippen LogP contribution is 2.24. The molecule has 0 aliphatic carbocycles. The molecule has 0 bridgehead atoms. The summed E-state index contributed by atoms with van der Waals surface area (Å²) in [6.45, 7) is 0. The van der Waals surface area contributed by atoms with Gasteiger partial charge in [-0.3, -0.25) is 9.20 Å². The zero-order chi connectivity index (χ0) is 14.1. The second kappa shape index (κ2) is 4.77. The van der Waals surface area contributed by atoms with Crippen LogP contribution in [0.4, 0.5) is 0 Å². The van der Waals surface area contributed by atoms with Gasteiger partial charge in [-0.15, -0.1) is 0 Å². The van der Waals surface area contributed by atoms with E-state index in [9.17, 15) is 9.59 Å². The summed E-state index contributed by atoms with van der Waals surface area (Å²) in [7, 11) is 5.14. The fraction of sp³-hybridized carbons (Fsp3) is 0. The summed E-state index contributed by atoms with van der Waals surface area (Å²) in [5, 5.41) is 0. The van der Waals surface area contributed by atoms with Crippen LogP contribution in [0.5, 0.6) is 0 Å². The number of fused-ring (bicyclic) bond motifs is 1. The van der Waals surface area contributed by atoms with E-state index in [1.54, 1.807) is 22.7 Å². The maximum Gasteiger partial charge on any atom is 0.235 e. The van der Waals surface area contributed by atoms with Crippen molar-refractivity contribution in [2.75, 3.05) is 0 Å². The van der Waals surface area contributed by atoms with Crippen molar-refractivity contribution in [2.24, 2.45) is 0 Å². The molecular weight excluding hydrogens is 251 g/mol. The monoisotopic (exact) mass is 260 g/mol. The molecule has 1 aromatic carbocycles. The number of ketones is 1. The highest BCUT2D eigenvalue weighted by molar-refractivity contribution is 6.79. The van der Waals surface area contributed by atoms with E-state index in [1.807, 2.05) is 36.4 Å². The van der Waals surface area contributed by atoms with Crippen LogP contribution >= 0.6 is 0 Å². The van der Waals surface area contributed by atoms with Crippen LogP contribution in [-0.2, 0) is 4.79 Å². The number of rotatable bonds is 3. The molecule has 0 fully saturated rings. The van der Waals surface area contributed by atoms with Gasteiger partial charge in [0, 0.05) is 11.8 Å². The molecule has 0 aliphatic rings. The smallest absolute Gasteiger partial charge is 0.235 e. The molecule has 94 valence electrons. The van der Waals surface area contributed by atoms with E-state index in [1.165, 1.54) is 0 Å². The van der Waals surface area contributed by atoms with Crippen molar-refractivity contribution >= 4 is 25.0 Å². The highest BCUT2D eigenvalue weighted by Gasteiger charge is 2.22. The Morgan fingerprint density at radius 2 is 1.70 bits per heavy atom. The van der Waals surface area contributed by atoms with Gasteiger partial charge in [0.25, 0.3) is 0 Å². The summed E-state index contributed by atoms with van der Waals surface area (Å²) in [5.74, 6) is -0.748. The summed E-state index contributed by atoms with van der Waals surface area (Å²) < 4.78 is 1.58. The zero-order valence-electron chi connectivity index (χ0n) is 10.5. The molecule has 0 saturated carbocycles. The number of Topliss-reactive ketones (excluding diaryl/α,β-unsaturated/α-hetero) is 1. The van der Waals surface area contributed by atoms with Gasteiger partial charge in [0.05, 0.1) is 0 Å². The van der Waals surface area contributed by atoms with Gasteiger partial charge < -0.3 is 4.79 Å². The van der Waals surface area contributed by atoms with Gasteiger partial charge in [-0.1, -0.05) is 36.4 Å². The molecular formula is C15H9BN2O2. The molecule has 0 unspecified atom stereocenters. The molecule has 0 N–H and O–H groups in total. The Labute approximate surface area is 116 Å². The van der Waals surface area contributed by atoms with Crippen molar-refractivity contribution in [1.82, 2.24) is 9.38 Å². The van der Waals surface area contributed by atoms with Crippen LogP contribution in [0.25, 0.3) is 16.9 Å². The molecule has 0 atom stereocenters. The van der Waals surface area contributed by atoms with Crippen molar-refractivity contribution in [3.05, 3.63) is 60.4 Å². The van der Waals surface area contributed by atoms with Crippen LogP contribution in [0.1, 0.15) is 10.5 Å². The topological polar surface area (TPSA) is 51.4 Å². The first-order valence-corrected chi connectivity index (χ1v) is 6.05. The van der Waals surface area contributed by atoms with Crippen molar-refractivity contribution < 1.29 is 9.59 Å². The van der Waals surface area contributed by atoms with E-state index in [-0.39, 0.29) is 5.69 Å². The maximum absolute atomic E-state index is 12.1. The lowest BCUT2D eigenvalue weighted by Gasteiger charge is -2.02. The van der Waals surface area contributed by atoms with Crippen LogP contribution in [0.3, 0.4) is 0 Å². The Bertz CT molecular complexity index is 809. The molecule has 2 heterocycles. The lowest BCUT2D eigenvalue weighted by molar-refractivity contribution is -0.108. The van der Waals surface area contributed by atoms with E-state index in [2.05, 4.69) is 4.98 Å². The lowest BCUT2D eigenvalue weighted by Crippen LogP contribution is -2.16.